The molecule has 0 aliphatic heterocycles. The maximum Gasteiger partial charge on any atom is 1.00 e. The van der Waals surface area contributed by atoms with Gasteiger partial charge < -0.3 is 13.9 Å². The molecule has 0 saturated carbocycles. The second-order valence-corrected chi connectivity index (χ2v) is 6.84. The zero-order valence-electron chi connectivity index (χ0n) is 14.1. The minimum absolute atomic E-state index is 0. The largest absolute Gasteiger partial charge is 1.00 e. The van der Waals surface area contributed by atoms with Crippen LogP contribution in [0.4, 0.5) is 5.69 Å². The van der Waals surface area contributed by atoms with Crippen molar-refractivity contribution < 1.29 is 46.9 Å². The molecule has 3 aromatic rings. The molecule has 2 aromatic carbocycles. The van der Waals surface area contributed by atoms with E-state index >= 15 is 0 Å². The van der Waals surface area contributed by atoms with E-state index in [0.717, 1.165) is 11.3 Å². The van der Waals surface area contributed by atoms with E-state index in [1.165, 1.54) is 24.3 Å². The molecule has 3 rings (SSSR count). The third-order valence-corrected chi connectivity index (χ3v) is 4.40. The third-order valence-electron chi connectivity index (χ3n) is 3.55. The van der Waals surface area contributed by atoms with Crippen molar-refractivity contribution in [3.8, 4) is 22.7 Å². The summed E-state index contributed by atoms with van der Waals surface area (Å²) in [5.74, 6) is 0.357. The predicted octanol–water partition coefficient (Wildman–Crippen LogP) is -0.0173. The summed E-state index contributed by atoms with van der Waals surface area (Å²) in [5, 5.41) is 0. The van der Waals surface area contributed by atoms with Crippen molar-refractivity contribution in [3.63, 3.8) is 0 Å². The first-order chi connectivity index (χ1) is 11.3. The maximum atomic E-state index is 11.0. The summed E-state index contributed by atoms with van der Waals surface area (Å²) < 4.78 is 38.4. The van der Waals surface area contributed by atoms with Crippen LogP contribution in [-0.2, 0) is 10.1 Å². The molecule has 6 nitrogen and oxygen atoms in total. The number of benzene rings is 2. The molecule has 0 saturated heterocycles. The molecule has 0 amide bonds. The average molecular weight is 366 g/mol. The fourth-order valence-electron chi connectivity index (χ4n) is 2.25. The summed E-state index contributed by atoms with van der Waals surface area (Å²) in [6, 6.07) is 13.3. The molecular weight excluding hydrogens is 351 g/mol. The smallest absolute Gasteiger partial charge is 0.744 e. The average Bonchev–Trinajstić information content (AvgIpc) is 3.04. The number of hydrogen-bond acceptors (Lipinski definition) is 6. The minimum atomic E-state index is -4.46. The predicted molar refractivity (Wildman–Crippen MR) is 89.7 cm³/mol. The molecular formula is C17H15N2NaO4S. The molecule has 0 fully saturated rings. The Hall–Kier alpha value is -1.64. The van der Waals surface area contributed by atoms with Gasteiger partial charge in [0.25, 0.3) is 0 Å². The van der Waals surface area contributed by atoms with Gasteiger partial charge in [-0.1, -0.05) is 12.1 Å². The summed E-state index contributed by atoms with van der Waals surface area (Å²) in [7, 11) is -0.544. The minimum Gasteiger partial charge on any atom is -0.744 e. The summed E-state index contributed by atoms with van der Waals surface area (Å²) in [6.45, 7) is 0. The van der Waals surface area contributed by atoms with Crippen molar-refractivity contribution in [1.82, 2.24) is 4.98 Å². The monoisotopic (exact) mass is 366 g/mol. The van der Waals surface area contributed by atoms with Crippen LogP contribution in [0.5, 0.6) is 0 Å². The first-order valence-electron chi connectivity index (χ1n) is 7.14. The number of nitrogens with zero attached hydrogens (tertiary/aromatic N) is 2. The van der Waals surface area contributed by atoms with Crippen LogP contribution in [0.15, 0.2) is 64.1 Å². The molecule has 1 heterocycles. The fourth-order valence-corrected chi connectivity index (χ4v) is 2.72. The van der Waals surface area contributed by atoms with E-state index in [1.54, 1.807) is 6.26 Å². The van der Waals surface area contributed by atoms with Crippen molar-refractivity contribution >= 4 is 15.8 Å². The van der Waals surface area contributed by atoms with E-state index in [4.69, 9.17) is 4.42 Å². The van der Waals surface area contributed by atoms with Gasteiger partial charge in [-0.2, -0.15) is 0 Å². The Balaban J connectivity index is 0.00000225. The Morgan fingerprint density at radius 2 is 1.72 bits per heavy atom. The molecule has 0 unspecified atom stereocenters. The zero-order chi connectivity index (χ0) is 17.3. The molecule has 0 bridgehead atoms. The van der Waals surface area contributed by atoms with Gasteiger partial charge in [-0.15, -0.1) is 0 Å². The number of hydrogen-bond donors (Lipinski definition) is 0. The standard InChI is InChI=1S/C17H16N2O4S.Na/c1-19(2)14-5-3-4-13(10-14)16-11-23-17(18-16)12-6-8-15(9-7-12)24(20,21)22;/h3-11H,1-2H3,(H,20,21,22);/q;+1/p-1. The van der Waals surface area contributed by atoms with Crippen LogP contribution in [0.3, 0.4) is 0 Å². The number of anilines is 1. The van der Waals surface area contributed by atoms with Gasteiger partial charge in [0.2, 0.25) is 5.89 Å². The van der Waals surface area contributed by atoms with Crippen LogP contribution < -0.4 is 34.5 Å². The Morgan fingerprint density at radius 3 is 2.32 bits per heavy atom. The first-order valence-corrected chi connectivity index (χ1v) is 8.55. The quantitative estimate of drug-likeness (QED) is 0.477. The molecule has 0 aliphatic rings. The van der Waals surface area contributed by atoms with Crippen molar-refractivity contribution in [3.05, 3.63) is 54.8 Å². The third kappa shape index (κ3) is 4.50. The van der Waals surface area contributed by atoms with Crippen LogP contribution in [0.25, 0.3) is 22.7 Å². The zero-order valence-corrected chi connectivity index (χ0v) is 16.9. The van der Waals surface area contributed by atoms with E-state index < -0.39 is 10.1 Å². The van der Waals surface area contributed by atoms with Crippen molar-refractivity contribution in [1.29, 1.82) is 0 Å². The summed E-state index contributed by atoms with van der Waals surface area (Å²) >= 11 is 0. The normalized spacial score (nSPS) is 11.0. The van der Waals surface area contributed by atoms with Gasteiger partial charge in [0.1, 0.15) is 22.1 Å². The van der Waals surface area contributed by atoms with Crippen molar-refractivity contribution in [2.75, 3.05) is 19.0 Å². The molecule has 1 aromatic heterocycles. The van der Waals surface area contributed by atoms with Gasteiger partial charge >= 0.3 is 29.6 Å². The van der Waals surface area contributed by atoms with E-state index in [-0.39, 0.29) is 34.5 Å². The van der Waals surface area contributed by atoms with Gasteiger partial charge in [0, 0.05) is 30.9 Å². The van der Waals surface area contributed by atoms with Gasteiger partial charge in [-0.3, -0.25) is 0 Å². The van der Waals surface area contributed by atoms with Crippen LogP contribution in [0.2, 0.25) is 0 Å². The molecule has 0 radical (unpaired) electrons. The fraction of sp³-hybridized carbons (Fsp3) is 0.118. The Kier molecular flexibility index (Phi) is 6.08. The topological polar surface area (TPSA) is 86.5 Å². The summed E-state index contributed by atoms with van der Waals surface area (Å²) in [6.07, 6.45) is 1.54. The van der Waals surface area contributed by atoms with Crippen LogP contribution in [0.1, 0.15) is 0 Å². The van der Waals surface area contributed by atoms with E-state index in [9.17, 15) is 13.0 Å². The summed E-state index contributed by atoms with van der Waals surface area (Å²) in [5.41, 5.74) is 3.23. The van der Waals surface area contributed by atoms with E-state index in [2.05, 4.69) is 4.98 Å². The number of rotatable bonds is 4. The van der Waals surface area contributed by atoms with Gasteiger partial charge in [0.15, 0.2) is 0 Å². The number of aromatic nitrogens is 1. The second-order valence-electron chi connectivity index (χ2n) is 5.46. The van der Waals surface area contributed by atoms with Crippen LogP contribution in [-0.4, -0.2) is 32.0 Å². The molecule has 0 aliphatic carbocycles. The van der Waals surface area contributed by atoms with E-state index in [1.807, 2.05) is 43.3 Å². The van der Waals surface area contributed by atoms with E-state index in [0.29, 0.717) is 17.1 Å². The van der Waals surface area contributed by atoms with Gasteiger partial charge in [-0.05, 0) is 36.4 Å². The molecule has 0 N–H and O–H groups in total. The Labute approximate surface area is 168 Å². The Morgan fingerprint density at radius 1 is 1.04 bits per heavy atom. The molecule has 8 heteroatoms. The van der Waals surface area contributed by atoms with Crippen molar-refractivity contribution in [2.24, 2.45) is 0 Å². The molecule has 25 heavy (non-hydrogen) atoms. The van der Waals surface area contributed by atoms with Gasteiger partial charge in [0.05, 0.1) is 4.90 Å². The number of oxazole rings is 1. The Bertz CT molecular complexity index is 966. The second kappa shape index (κ2) is 7.72. The molecule has 0 atom stereocenters. The van der Waals surface area contributed by atoms with Gasteiger partial charge in [-0.25, -0.2) is 13.4 Å². The SMILES string of the molecule is CN(C)c1cccc(-c2coc(-c3ccc(S(=O)(=O)[O-])cc3)n2)c1.[Na+]. The molecule has 124 valence electrons. The molecule has 0 spiro atoms. The first kappa shape index (κ1) is 19.7. The van der Waals surface area contributed by atoms with Crippen molar-refractivity contribution in [2.45, 2.75) is 4.90 Å². The van der Waals surface area contributed by atoms with Crippen LogP contribution >= 0.6 is 0 Å². The van der Waals surface area contributed by atoms with Crippen LogP contribution in [0, 0.1) is 0 Å². The maximum absolute atomic E-state index is 11.0. The summed E-state index contributed by atoms with van der Waals surface area (Å²) in [4.78, 5) is 6.14.